The van der Waals surface area contributed by atoms with E-state index in [2.05, 4.69) is 15.1 Å². The number of ether oxygens (including phenoxy) is 1. The third kappa shape index (κ3) is 5.94. The summed E-state index contributed by atoms with van der Waals surface area (Å²) in [6, 6.07) is 19.2. The first-order valence-corrected chi connectivity index (χ1v) is 12.1. The van der Waals surface area contributed by atoms with Crippen LogP contribution in [0, 0.1) is 0 Å². The van der Waals surface area contributed by atoms with Crippen molar-refractivity contribution in [1.29, 1.82) is 0 Å². The fraction of sp³-hybridized carbons (Fsp3) is 0.103. The average molecular weight is 584 g/mol. The predicted octanol–water partition coefficient (Wildman–Crippen LogP) is 7.31. The minimum atomic E-state index is -5.01. The van der Waals surface area contributed by atoms with Gasteiger partial charge in [0.05, 0.1) is 23.0 Å². The van der Waals surface area contributed by atoms with Gasteiger partial charge < -0.3 is 9.84 Å². The zero-order valence-corrected chi connectivity index (χ0v) is 21.2. The lowest BCUT2D eigenvalue weighted by molar-refractivity contribution is -0.143. The van der Waals surface area contributed by atoms with E-state index in [0.29, 0.717) is 27.6 Å². The van der Waals surface area contributed by atoms with Crippen molar-refractivity contribution in [2.75, 3.05) is 0 Å². The second kappa shape index (κ2) is 11.0. The molecule has 0 bridgehead atoms. The maximum atomic E-state index is 13.7. The molecule has 0 aliphatic rings. The van der Waals surface area contributed by atoms with Gasteiger partial charge in [0.1, 0.15) is 12.2 Å². The molecule has 13 heteroatoms. The van der Waals surface area contributed by atoms with Gasteiger partial charge in [0.25, 0.3) is 0 Å². The Morgan fingerprint density at radius 3 is 2.12 bits per heavy atom. The SMILES string of the molecule is O=C(O)c1cnn(-c2cccc(-c3cccnc3OCc3ccc(-c4ccc(C(F)(F)F)cc4)cc3)n2)c1C(F)(F)F. The van der Waals surface area contributed by atoms with Gasteiger partial charge in [-0.15, -0.1) is 0 Å². The number of carbonyl (C=O) groups is 1. The van der Waals surface area contributed by atoms with Crippen molar-refractivity contribution in [1.82, 2.24) is 19.7 Å². The summed E-state index contributed by atoms with van der Waals surface area (Å²) < 4.78 is 85.9. The molecule has 3 heterocycles. The number of halogens is 6. The maximum absolute atomic E-state index is 13.7. The highest BCUT2D eigenvalue weighted by atomic mass is 19.4. The molecule has 214 valence electrons. The van der Waals surface area contributed by atoms with Crippen LogP contribution in [0.2, 0.25) is 0 Å². The quantitative estimate of drug-likeness (QED) is 0.202. The van der Waals surface area contributed by atoms with Crippen molar-refractivity contribution in [2.45, 2.75) is 19.0 Å². The first kappa shape index (κ1) is 28.3. The summed E-state index contributed by atoms with van der Waals surface area (Å²) >= 11 is 0. The van der Waals surface area contributed by atoms with Crippen LogP contribution in [0.4, 0.5) is 26.3 Å². The second-order valence-electron chi connectivity index (χ2n) is 8.92. The zero-order valence-electron chi connectivity index (χ0n) is 21.2. The van der Waals surface area contributed by atoms with Gasteiger partial charge in [-0.3, -0.25) is 0 Å². The fourth-order valence-electron chi connectivity index (χ4n) is 4.14. The summed E-state index contributed by atoms with van der Waals surface area (Å²) in [6.45, 7) is 0.0519. The number of rotatable bonds is 7. The summed E-state index contributed by atoms with van der Waals surface area (Å²) in [7, 11) is 0. The van der Waals surface area contributed by atoms with Gasteiger partial charge >= 0.3 is 18.3 Å². The molecule has 1 N–H and O–H groups in total. The minimum absolute atomic E-state index is 0.0519. The Bertz CT molecular complexity index is 1730. The van der Waals surface area contributed by atoms with Gasteiger partial charge in [0.2, 0.25) is 5.88 Å². The lowest BCUT2D eigenvalue weighted by Crippen LogP contribution is -2.18. The third-order valence-electron chi connectivity index (χ3n) is 6.14. The smallest absolute Gasteiger partial charge is 0.434 e. The van der Waals surface area contributed by atoms with Crippen LogP contribution in [0.5, 0.6) is 5.88 Å². The van der Waals surface area contributed by atoms with Crippen LogP contribution >= 0.6 is 0 Å². The van der Waals surface area contributed by atoms with Crippen LogP contribution in [-0.4, -0.2) is 30.8 Å². The summed E-state index contributed by atoms with van der Waals surface area (Å²) in [5.41, 5.74) is -0.626. The number of carboxylic acid groups (broad SMARTS) is 1. The van der Waals surface area contributed by atoms with Gasteiger partial charge in [-0.2, -0.15) is 31.4 Å². The molecule has 3 aromatic heterocycles. The van der Waals surface area contributed by atoms with E-state index >= 15 is 0 Å². The number of carboxylic acids is 1. The van der Waals surface area contributed by atoms with Crippen LogP contribution < -0.4 is 4.74 Å². The molecule has 0 saturated heterocycles. The lowest BCUT2D eigenvalue weighted by Gasteiger charge is -2.13. The van der Waals surface area contributed by atoms with Crippen molar-refractivity contribution in [3.8, 4) is 34.1 Å². The van der Waals surface area contributed by atoms with E-state index in [1.54, 1.807) is 36.4 Å². The predicted molar refractivity (Wildman–Crippen MR) is 138 cm³/mol. The van der Waals surface area contributed by atoms with Crippen molar-refractivity contribution in [3.05, 3.63) is 114 Å². The van der Waals surface area contributed by atoms with Crippen LogP contribution in [0.3, 0.4) is 0 Å². The summed E-state index contributed by atoms with van der Waals surface area (Å²) in [6.07, 6.45) is -7.35. The number of benzene rings is 2. The number of alkyl halides is 6. The van der Waals surface area contributed by atoms with Gasteiger partial charge in [0, 0.05) is 6.20 Å². The number of hydrogen-bond acceptors (Lipinski definition) is 5. The Hall–Kier alpha value is -5.20. The van der Waals surface area contributed by atoms with Crippen LogP contribution in [0.15, 0.2) is 91.3 Å². The molecule has 5 aromatic rings. The topological polar surface area (TPSA) is 90.1 Å². The molecule has 0 fully saturated rings. The van der Waals surface area contributed by atoms with E-state index in [4.69, 9.17) is 4.74 Å². The van der Waals surface area contributed by atoms with E-state index in [1.807, 2.05) is 0 Å². The molecule has 0 aliphatic carbocycles. The van der Waals surface area contributed by atoms with E-state index in [-0.39, 0.29) is 24.0 Å². The Kier molecular flexibility index (Phi) is 7.42. The molecule has 0 spiro atoms. The maximum Gasteiger partial charge on any atom is 0.434 e. The molecular formula is C29H18F6N4O3. The first-order chi connectivity index (χ1) is 19.9. The highest BCUT2D eigenvalue weighted by Gasteiger charge is 2.41. The summed E-state index contributed by atoms with van der Waals surface area (Å²) in [5, 5.41) is 12.8. The molecule has 42 heavy (non-hydrogen) atoms. The minimum Gasteiger partial charge on any atom is -0.478 e. The van der Waals surface area contributed by atoms with Gasteiger partial charge in [-0.25, -0.2) is 19.4 Å². The van der Waals surface area contributed by atoms with E-state index in [1.165, 1.54) is 36.5 Å². The highest BCUT2D eigenvalue weighted by molar-refractivity contribution is 5.89. The molecule has 0 aliphatic heterocycles. The molecule has 0 atom stereocenters. The van der Waals surface area contributed by atoms with Gasteiger partial charge in [0.15, 0.2) is 11.5 Å². The van der Waals surface area contributed by atoms with Crippen LogP contribution in [-0.2, 0) is 19.0 Å². The lowest BCUT2D eigenvalue weighted by atomic mass is 10.0. The van der Waals surface area contributed by atoms with Crippen molar-refractivity contribution >= 4 is 5.97 Å². The molecule has 0 saturated carbocycles. The largest absolute Gasteiger partial charge is 0.478 e. The number of pyridine rings is 2. The van der Waals surface area contributed by atoms with Crippen LogP contribution in [0.1, 0.15) is 27.2 Å². The number of aromatic nitrogens is 4. The second-order valence-corrected chi connectivity index (χ2v) is 8.92. The first-order valence-electron chi connectivity index (χ1n) is 12.1. The van der Waals surface area contributed by atoms with Crippen molar-refractivity contribution in [2.24, 2.45) is 0 Å². The van der Waals surface area contributed by atoms with Gasteiger partial charge in [-0.1, -0.05) is 42.5 Å². The Morgan fingerprint density at radius 1 is 0.833 bits per heavy atom. The Labute approximate surface area is 233 Å². The van der Waals surface area contributed by atoms with Gasteiger partial charge in [-0.05, 0) is 53.1 Å². The summed E-state index contributed by atoms with van der Waals surface area (Å²) in [5.74, 6) is -1.90. The van der Waals surface area contributed by atoms with Crippen LogP contribution in [0.25, 0.3) is 28.2 Å². The Balaban J connectivity index is 1.36. The number of hydrogen-bond donors (Lipinski definition) is 1. The average Bonchev–Trinajstić information content (AvgIpc) is 3.43. The molecule has 0 unspecified atom stereocenters. The third-order valence-corrected chi connectivity index (χ3v) is 6.14. The van der Waals surface area contributed by atoms with Crippen molar-refractivity contribution < 1.29 is 41.0 Å². The molecule has 0 amide bonds. The normalized spacial score (nSPS) is 11.9. The highest BCUT2D eigenvalue weighted by Crippen LogP contribution is 2.35. The standard InChI is InChI=1S/C29H18F6N4O3/c30-28(31,32)20-12-10-19(11-13-20)18-8-6-17(7-9-18)16-42-26-21(3-2-14-36-26)23-4-1-5-24(38-23)39-25(29(33,34)35)22(15-37-39)27(40)41/h1-15H,16H2,(H,40,41). The monoisotopic (exact) mass is 584 g/mol. The molecule has 5 rings (SSSR count). The zero-order chi connectivity index (χ0) is 30.1. The molecule has 0 radical (unpaired) electrons. The number of nitrogens with zero attached hydrogens (tertiary/aromatic N) is 4. The Morgan fingerprint density at radius 2 is 1.50 bits per heavy atom. The number of aromatic carboxylic acids is 1. The van der Waals surface area contributed by atoms with E-state index in [0.717, 1.165) is 17.7 Å². The van der Waals surface area contributed by atoms with E-state index < -0.39 is 35.1 Å². The van der Waals surface area contributed by atoms with E-state index in [9.17, 15) is 36.2 Å². The molecular weight excluding hydrogens is 566 g/mol. The van der Waals surface area contributed by atoms with Crippen molar-refractivity contribution in [3.63, 3.8) is 0 Å². The molecule has 7 nitrogen and oxygen atoms in total. The summed E-state index contributed by atoms with van der Waals surface area (Å²) in [4.78, 5) is 19.8. The molecule has 2 aromatic carbocycles. The fourth-order valence-corrected chi connectivity index (χ4v) is 4.14.